The Hall–Kier alpha value is -4.56. The van der Waals surface area contributed by atoms with Crippen LogP contribution in [0.25, 0.3) is 10.9 Å². The first-order valence-corrected chi connectivity index (χ1v) is 13.7. The van der Waals surface area contributed by atoms with Crippen LogP contribution in [0.5, 0.6) is 0 Å². The third-order valence-corrected chi connectivity index (χ3v) is 8.42. The van der Waals surface area contributed by atoms with Crippen molar-refractivity contribution in [2.45, 2.75) is 22.8 Å². The average Bonchev–Trinajstić information content (AvgIpc) is 3.35. The normalized spacial score (nSPS) is 14.5. The summed E-state index contributed by atoms with van der Waals surface area (Å²) >= 11 is 0. The highest BCUT2D eigenvalue weighted by Crippen LogP contribution is 2.36. The summed E-state index contributed by atoms with van der Waals surface area (Å²) in [6, 6.07) is 25.7. The van der Waals surface area contributed by atoms with Gasteiger partial charge in [-0.25, -0.2) is 8.60 Å². The molecule has 39 heavy (non-hydrogen) atoms. The molecule has 0 bridgehead atoms. The van der Waals surface area contributed by atoms with Gasteiger partial charge in [0.25, 0.3) is 11.8 Å². The van der Waals surface area contributed by atoms with Crippen LogP contribution in [0, 0.1) is 5.82 Å². The molecule has 6 nitrogen and oxygen atoms in total. The number of benzene rings is 4. The largest absolute Gasteiger partial charge is 0.361 e. The van der Waals surface area contributed by atoms with Gasteiger partial charge in [-0.1, -0.05) is 48.5 Å². The number of nitrogens with zero attached hydrogens (tertiary/aromatic N) is 1. The van der Waals surface area contributed by atoms with E-state index < -0.39 is 22.5 Å². The van der Waals surface area contributed by atoms with E-state index in [1.54, 1.807) is 60.7 Å². The number of halogens is 1. The minimum Gasteiger partial charge on any atom is -0.361 e. The molecule has 2 heterocycles. The predicted octanol–water partition coefficient (Wildman–Crippen LogP) is 5.61. The average molecular weight is 538 g/mol. The number of anilines is 1. The van der Waals surface area contributed by atoms with Gasteiger partial charge in [-0.05, 0) is 54.4 Å². The molecule has 194 valence electrons. The van der Waals surface area contributed by atoms with Gasteiger partial charge in [-0.2, -0.15) is 0 Å². The number of carbonyl (C=O) groups is 2. The Balaban J connectivity index is 1.31. The molecule has 0 spiro atoms. The second-order valence-electron chi connectivity index (χ2n) is 9.30. The fourth-order valence-corrected chi connectivity index (χ4v) is 6.25. The fraction of sp³-hybridized carbons (Fsp3) is 0.0968. The second-order valence-corrected chi connectivity index (χ2v) is 10.7. The number of H-pyrrole nitrogens is 1. The zero-order chi connectivity index (χ0) is 26.9. The summed E-state index contributed by atoms with van der Waals surface area (Å²) < 4.78 is 28.2. The van der Waals surface area contributed by atoms with Crippen LogP contribution in [0.2, 0.25) is 0 Å². The van der Waals surface area contributed by atoms with Crippen molar-refractivity contribution in [3.8, 4) is 0 Å². The number of aromatic amines is 1. The van der Waals surface area contributed by atoms with Gasteiger partial charge in [0.2, 0.25) is 0 Å². The van der Waals surface area contributed by atoms with E-state index in [0.717, 1.165) is 16.5 Å². The molecule has 1 aliphatic rings. The lowest BCUT2D eigenvalue weighted by atomic mass is 10.1. The molecule has 2 N–H and O–H groups in total. The van der Waals surface area contributed by atoms with Crippen molar-refractivity contribution < 1.29 is 18.2 Å². The van der Waals surface area contributed by atoms with Gasteiger partial charge >= 0.3 is 0 Å². The Morgan fingerprint density at radius 2 is 1.67 bits per heavy atom. The number of rotatable bonds is 6. The maximum absolute atomic E-state index is 14.6. The van der Waals surface area contributed by atoms with Crippen molar-refractivity contribution in [1.29, 1.82) is 0 Å². The summed E-state index contributed by atoms with van der Waals surface area (Å²) in [6.45, 7) is 0.336. The molecule has 5 aromatic rings. The van der Waals surface area contributed by atoms with Crippen molar-refractivity contribution in [2.75, 3.05) is 11.4 Å². The van der Waals surface area contributed by atoms with Crippen molar-refractivity contribution in [3.63, 3.8) is 0 Å². The van der Waals surface area contributed by atoms with Gasteiger partial charge in [0.15, 0.2) is 0 Å². The molecule has 2 amide bonds. The first kappa shape index (κ1) is 24.8. The van der Waals surface area contributed by atoms with Crippen LogP contribution in [0.1, 0.15) is 31.8 Å². The molecule has 1 aromatic heterocycles. The third kappa shape index (κ3) is 4.64. The predicted molar refractivity (Wildman–Crippen MR) is 149 cm³/mol. The Bertz CT molecular complexity index is 1760. The number of nitrogens with one attached hydrogen (secondary N) is 2. The standard InChI is InChI=1S/C31H24FN3O3S/c32-25-10-4-1-7-22(25)19-35-27-17-20(13-14-29(27)39(38)28-12-6-3-9-24(28)31(35)37)30(36)33-16-15-21-18-34-26-11-5-2-8-23(21)26/h1-14,17-18,34H,15-16,19H2,(H,33,36)/t39-/m0/s1. The molecular weight excluding hydrogens is 513 g/mol. The van der Waals surface area contributed by atoms with E-state index in [1.807, 2.05) is 30.5 Å². The third-order valence-electron chi connectivity index (χ3n) is 6.92. The highest BCUT2D eigenvalue weighted by atomic mass is 32.2. The molecule has 1 atom stereocenters. The van der Waals surface area contributed by atoms with E-state index in [9.17, 15) is 18.2 Å². The molecule has 6 rings (SSSR count). The first-order valence-electron chi connectivity index (χ1n) is 12.5. The summed E-state index contributed by atoms with van der Waals surface area (Å²) in [5.41, 5.74) is 3.38. The number of amides is 2. The van der Waals surface area contributed by atoms with Crippen LogP contribution in [0.4, 0.5) is 10.1 Å². The van der Waals surface area contributed by atoms with Crippen LogP contribution < -0.4 is 10.2 Å². The van der Waals surface area contributed by atoms with Crippen molar-refractivity contribution >= 4 is 39.2 Å². The minimum absolute atomic E-state index is 0.0737. The molecule has 0 saturated carbocycles. The van der Waals surface area contributed by atoms with Gasteiger partial charge < -0.3 is 15.2 Å². The number of para-hydroxylation sites is 1. The lowest BCUT2D eigenvalue weighted by Crippen LogP contribution is -2.31. The van der Waals surface area contributed by atoms with Gasteiger partial charge in [0.1, 0.15) is 5.82 Å². The molecule has 0 saturated heterocycles. The van der Waals surface area contributed by atoms with Crippen molar-refractivity contribution in [1.82, 2.24) is 10.3 Å². The molecule has 0 fully saturated rings. The molecule has 8 heteroatoms. The van der Waals surface area contributed by atoms with Gasteiger partial charge in [0, 0.05) is 34.8 Å². The highest BCUT2D eigenvalue weighted by Gasteiger charge is 2.32. The summed E-state index contributed by atoms with van der Waals surface area (Å²) in [4.78, 5) is 32.3. The Kier molecular flexibility index (Phi) is 6.54. The van der Waals surface area contributed by atoms with E-state index in [0.29, 0.717) is 39.6 Å². The lowest BCUT2D eigenvalue weighted by molar-refractivity contribution is 0.0950. The topological polar surface area (TPSA) is 82.3 Å². The van der Waals surface area contributed by atoms with Gasteiger partial charge in [-0.3, -0.25) is 9.59 Å². The second kappa shape index (κ2) is 10.3. The summed E-state index contributed by atoms with van der Waals surface area (Å²) in [7, 11) is -1.66. The van der Waals surface area contributed by atoms with Crippen molar-refractivity contribution in [2.24, 2.45) is 0 Å². The van der Waals surface area contributed by atoms with E-state index in [-0.39, 0.29) is 18.0 Å². The Morgan fingerprint density at radius 1 is 0.897 bits per heavy atom. The SMILES string of the molecule is O=C(NCCc1c[nH]c2ccccc12)c1ccc2c(c1)N(Cc1ccccc1F)C(=O)c1ccccc1[S@@]2=O. The summed E-state index contributed by atoms with van der Waals surface area (Å²) in [5.74, 6) is -1.17. The fourth-order valence-electron chi connectivity index (χ4n) is 4.91. The number of hydrogen-bond donors (Lipinski definition) is 2. The van der Waals surface area contributed by atoms with Crippen LogP contribution >= 0.6 is 0 Å². The monoisotopic (exact) mass is 537 g/mol. The maximum Gasteiger partial charge on any atom is 0.259 e. The molecule has 0 radical (unpaired) electrons. The Labute approximate surface area is 226 Å². The number of fused-ring (bicyclic) bond motifs is 3. The zero-order valence-electron chi connectivity index (χ0n) is 20.8. The molecular formula is C31H24FN3O3S. The van der Waals surface area contributed by atoms with Gasteiger partial charge in [0.05, 0.1) is 38.4 Å². The van der Waals surface area contributed by atoms with E-state index in [4.69, 9.17) is 0 Å². The minimum atomic E-state index is -1.66. The van der Waals surface area contributed by atoms with Crippen LogP contribution in [0.15, 0.2) is 107 Å². The van der Waals surface area contributed by atoms with E-state index in [1.165, 1.54) is 11.0 Å². The highest BCUT2D eigenvalue weighted by molar-refractivity contribution is 7.85. The van der Waals surface area contributed by atoms with Crippen molar-refractivity contribution in [3.05, 3.63) is 125 Å². The molecule has 0 unspecified atom stereocenters. The quantitative estimate of drug-likeness (QED) is 0.296. The maximum atomic E-state index is 14.6. The number of carbonyl (C=O) groups excluding carboxylic acids is 2. The first-order chi connectivity index (χ1) is 19.0. The van der Waals surface area contributed by atoms with E-state index in [2.05, 4.69) is 10.3 Å². The van der Waals surface area contributed by atoms with Crippen LogP contribution in [-0.4, -0.2) is 27.6 Å². The summed E-state index contributed by atoms with van der Waals surface area (Å²) in [6.07, 6.45) is 2.58. The molecule has 1 aliphatic heterocycles. The summed E-state index contributed by atoms with van der Waals surface area (Å²) in [5, 5.41) is 4.06. The smallest absolute Gasteiger partial charge is 0.259 e. The van der Waals surface area contributed by atoms with Crippen LogP contribution in [0.3, 0.4) is 0 Å². The molecule has 4 aromatic carbocycles. The van der Waals surface area contributed by atoms with Gasteiger partial charge in [-0.15, -0.1) is 0 Å². The zero-order valence-corrected chi connectivity index (χ0v) is 21.6. The molecule has 0 aliphatic carbocycles. The van der Waals surface area contributed by atoms with Crippen LogP contribution in [-0.2, 0) is 23.8 Å². The number of aromatic nitrogens is 1. The number of hydrogen-bond acceptors (Lipinski definition) is 3. The van der Waals surface area contributed by atoms with E-state index >= 15 is 0 Å². The Morgan fingerprint density at radius 3 is 2.54 bits per heavy atom. The lowest BCUT2D eigenvalue weighted by Gasteiger charge is -2.24.